The average Bonchev–Trinajstić information content (AvgIpc) is 2.22. The van der Waals surface area contributed by atoms with E-state index in [4.69, 9.17) is 5.73 Å². The van der Waals surface area contributed by atoms with Gasteiger partial charge in [0.15, 0.2) is 0 Å². The SMILES string of the molecule is CCC(C)C(N)CN1CCC(C)C(C)C1. The molecule has 2 nitrogen and oxygen atoms in total. The van der Waals surface area contributed by atoms with E-state index in [-0.39, 0.29) is 0 Å². The molecular weight excluding hydrogens is 184 g/mol. The van der Waals surface area contributed by atoms with Crippen LogP contribution < -0.4 is 5.73 Å². The molecule has 0 spiro atoms. The lowest BCUT2D eigenvalue weighted by Crippen LogP contribution is -2.46. The predicted octanol–water partition coefficient (Wildman–Crippen LogP) is 2.34. The first-order chi connectivity index (χ1) is 7.04. The topological polar surface area (TPSA) is 29.3 Å². The van der Waals surface area contributed by atoms with Gasteiger partial charge in [0.25, 0.3) is 0 Å². The molecule has 2 heteroatoms. The average molecular weight is 212 g/mol. The van der Waals surface area contributed by atoms with E-state index in [0.717, 1.165) is 18.4 Å². The van der Waals surface area contributed by atoms with Crippen LogP contribution in [0, 0.1) is 17.8 Å². The molecule has 1 heterocycles. The molecule has 1 saturated heterocycles. The van der Waals surface area contributed by atoms with Crippen LogP contribution in [0.2, 0.25) is 0 Å². The number of piperidine rings is 1. The van der Waals surface area contributed by atoms with Gasteiger partial charge in [0.1, 0.15) is 0 Å². The van der Waals surface area contributed by atoms with E-state index in [1.807, 2.05) is 0 Å². The summed E-state index contributed by atoms with van der Waals surface area (Å²) in [6.45, 7) is 12.8. The molecule has 0 aromatic rings. The number of nitrogens with zero attached hydrogens (tertiary/aromatic N) is 1. The Morgan fingerprint density at radius 1 is 1.33 bits per heavy atom. The van der Waals surface area contributed by atoms with Crippen LogP contribution >= 0.6 is 0 Å². The first-order valence-electron chi connectivity index (χ1n) is 6.52. The van der Waals surface area contributed by atoms with Gasteiger partial charge in [-0.25, -0.2) is 0 Å². The second-order valence-electron chi connectivity index (χ2n) is 5.55. The molecule has 1 fully saturated rings. The van der Waals surface area contributed by atoms with Gasteiger partial charge in [-0.1, -0.05) is 34.1 Å². The molecule has 15 heavy (non-hydrogen) atoms. The van der Waals surface area contributed by atoms with E-state index in [9.17, 15) is 0 Å². The molecule has 0 amide bonds. The van der Waals surface area contributed by atoms with E-state index >= 15 is 0 Å². The van der Waals surface area contributed by atoms with Crippen LogP contribution in [0.3, 0.4) is 0 Å². The molecule has 0 aromatic heterocycles. The first-order valence-corrected chi connectivity index (χ1v) is 6.52. The van der Waals surface area contributed by atoms with Crippen LogP contribution in [-0.4, -0.2) is 30.6 Å². The van der Waals surface area contributed by atoms with Crippen molar-refractivity contribution < 1.29 is 0 Å². The number of hydrogen-bond donors (Lipinski definition) is 1. The Bertz CT molecular complexity index is 181. The van der Waals surface area contributed by atoms with Crippen LogP contribution in [0.4, 0.5) is 0 Å². The summed E-state index contributed by atoms with van der Waals surface area (Å²) in [7, 11) is 0. The fourth-order valence-corrected chi connectivity index (χ4v) is 2.30. The van der Waals surface area contributed by atoms with Crippen LogP contribution in [0.1, 0.15) is 40.5 Å². The second-order valence-corrected chi connectivity index (χ2v) is 5.55. The Balaban J connectivity index is 2.33. The van der Waals surface area contributed by atoms with Gasteiger partial charge in [-0.05, 0) is 30.7 Å². The highest BCUT2D eigenvalue weighted by atomic mass is 15.1. The zero-order valence-electron chi connectivity index (χ0n) is 10.9. The van der Waals surface area contributed by atoms with E-state index in [1.165, 1.54) is 25.9 Å². The van der Waals surface area contributed by atoms with Crippen LogP contribution in [0.25, 0.3) is 0 Å². The Morgan fingerprint density at radius 2 is 2.00 bits per heavy atom. The second kappa shape index (κ2) is 5.86. The number of rotatable bonds is 4. The highest BCUT2D eigenvalue weighted by Gasteiger charge is 2.24. The van der Waals surface area contributed by atoms with Gasteiger partial charge >= 0.3 is 0 Å². The Kier molecular flexibility index (Phi) is 5.07. The fraction of sp³-hybridized carbons (Fsp3) is 1.00. The number of hydrogen-bond acceptors (Lipinski definition) is 2. The highest BCUT2D eigenvalue weighted by Crippen LogP contribution is 2.22. The van der Waals surface area contributed by atoms with Gasteiger partial charge in [0.05, 0.1) is 0 Å². The first kappa shape index (κ1) is 13.0. The van der Waals surface area contributed by atoms with Crippen LogP contribution in [0.15, 0.2) is 0 Å². The quantitative estimate of drug-likeness (QED) is 0.775. The van der Waals surface area contributed by atoms with E-state index in [1.54, 1.807) is 0 Å². The van der Waals surface area contributed by atoms with Crippen molar-refractivity contribution in [3.8, 4) is 0 Å². The molecule has 2 N–H and O–H groups in total. The van der Waals surface area contributed by atoms with Crippen molar-refractivity contribution in [2.45, 2.75) is 46.6 Å². The third-order valence-electron chi connectivity index (χ3n) is 4.26. The molecule has 1 aliphatic heterocycles. The summed E-state index contributed by atoms with van der Waals surface area (Å²) in [6, 6.07) is 0.357. The zero-order valence-corrected chi connectivity index (χ0v) is 10.9. The lowest BCUT2D eigenvalue weighted by atomic mass is 9.88. The highest BCUT2D eigenvalue weighted by molar-refractivity contribution is 4.79. The molecule has 0 bridgehead atoms. The molecule has 0 radical (unpaired) electrons. The smallest absolute Gasteiger partial charge is 0.0193 e. The van der Waals surface area contributed by atoms with Crippen molar-refractivity contribution in [3.05, 3.63) is 0 Å². The minimum Gasteiger partial charge on any atom is -0.326 e. The summed E-state index contributed by atoms with van der Waals surface area (Å²) in [4.78, 5) is 2.56. The molecule has 0 saturated carbocycles. The van der Waals surface area contributed by atoms with Crippen LogP contribution in [0.5, 0.6) is 0 Å². The molecule has 0 aromatic carbocycles. The third kappa shape index (κ3) is 3.76. The van der Waals surface area contributed by atoms with Crippen molar-refractivity contribution in [2.75, 3.05) is 19.6 Å². The third-order valence-corrected chi connectivity index (χ3v) is 4.26. The van der Waals surface area contributed by atoms with Crippen LogP contribution in [-0.2, 0) is 0 Å². The van der Waals surface area contributed by atoms with E-state index in [2.05, 4.69) is 32.6 Å². The Hall–Kier alpha value is -0.0800. The maximum absolute atomic E-state index is 6.20. The fourth-order valence-electron chi connectivity index (χ4n) is 2.30. The molecule has 4 atom stereocenters. The summed E-state index contributed by atoms with van der Waals surface area (Å²) < 4.78 is 0. The summed E-state index contributed by atoms with van der Waals surface area (Å²) in [5.74, 6) is 2.38. The predicted molar refractivity (Wildman–Crippen MR) is 66.8 cm³/mol. The monoisotopic (exact) mass is 212 g/mol. The van der Waals surface area contributed by atoms with Crippen molar-refractivity contribution in [2.24, 2.45) is 23.5 Å². The normalized spacial score (nSPS) is 32.6. The van der Waals surface area contributed by atoms with E-state index < -0.39 is 0 Å². The molecule has 0 aliphatic carbocycles. The summed E-state index contributed by atoms with van der Waals surface area (Å²) >= 11 is 0. The Labute approximate surface area is 95.2 Å². The van der Waals surface area contributed by atoms with Gasteiger partial charge in [-0.15, -0.1) is 0 Å². The summed E-state index contributed by atoms with van der Waals surface area (Å²) in [6.07, 6.45) is 2.54. The van der Waals surface area contributed by atoms with Crippen molar-refractivity contribution in [1.29, 1.82) is 0 Å². The minimum absolute atomic E-state index is 0.357. The largest absolute Gasteiger partial charge is 0.326 e. The molecule has 1 rings (SSSR count). The molecular formula is C13H28N2. The zero-order chi connectivity index (χ0) is 11.4. The maximum Gasteiger partial charge on any atom is 0.0193 e. The summed E-state index contributed by atoms with van der Waals surface area (Å²) in [5, 5.41) is 0. The number of likely N-dealkylation sites (tertiary alicyclic amines) is 1. The maximum atomic E-state index is 6.20. The molecule has 1 aliphatic rings. The molecule has 4 unspecified atom stereocenters. The van der Waals surface area contributed by atoms with Crippen molar-refractivity contribution in [1.82, 2.24) is 4.90 Å². The van der Waals surface area contributed by atoms with Crippen molar-refractivity contribution >= 4 is 0 Å². The van der Waals surface area contributed by atoms with Gasteiger partial charge in [0, 0.05) is 19.1 Å². The van der Waals surface area contributed by atoms with Gasteiger partial charge < -0.3 is 10.6 Å². The standard InChI is InChI=1S/C13H28N2/c1-5-10(2)13(14)9-15-7-6-11(3)12(4)8-15/h10-13H,5-9,14H2,1-4H3. The Morgan fingerprint density at radius 3 is 2.53 bits per heavy atom. The number of nitrogens with two attached hydrogens (primary N) is 1. The lowest BCUT2D eigenvalue weighted by molar-refractivity contribution is 0.124. The van der Waals surface area contributed by atoms with Gasteiger partial charge in [-0.2, -0.15) is 0 Å². The van der Waals surface area contributed by atoms with Gasteiger partial charge in [-0.3, -0.25) is 0 Å². The molecule has 90 valence electrons. The summed E-state index contributed by atoms with van der Waals surface area (Å²) in [5.41, 5.74) is 6.20. The minimum atomic E-state index is 0.357. The lowest BCUT2D eigenvalue weighted by Gasteiger charge is -2.37. The van der Waals surface area contributed by atoms with E-state index in [0.29, 0.717) is 12.0 Å². The van der Waals surface area contributed by atoms with Crippen molar-refractivity contribution in [3.63, 3.8) is 0 Å². The van der Waals surface area contributed by atoms with Gasteiger partial charge in [0.2, 0.25) is 0 Å².